The van der Waals surface area contributed by atoms with Crippen molar-refractivity contribution in [3.8, 4) is 5.75 Å². The highest BCUT2D eigenvalue weighted by atomic mass is 16.5. The standard InChI is InChI=1S/C19H29N3O2/c1-15(2)24-18-8-6-16(7-9-18)20-19(23)14-21-11-12-22-10-4-3-5-17(22)13-21/h6-9,15,17H,3-5,10-14H2,1-2H3,(H,20,23). The van der Waals surface area contributed by atoms with E-state index in [2.05, 4.69) is 15.1 Å². The minimum absolute atomic E-state index is 0.0665. The van der Waals surface area contributed by atoms with Crippen LogP contribution in [-0.2, 0) is 4.79 Å². The van der Waals surface area contributed by atoms with Crippen molar-refractivity contribution >= 4 is 11.6 Å². The molecule has 132 valence electrons. The Balaban J connectivity index is 1.47. The van der Waals surface area contributed by atoms with Crippen LogP contribution in [0.3, 0.4) is 0 Å². The second-order valence-corrected chi connectivity index (χ2v) is 7.16. The highest BCUT2D eigenvalue weighted by Crippen LogP contribution is 2.21. The lowest BCUT2D eigenvalue weighted by Gasteiger charge is -2.43. The second-order valence-electron chi connectivity index (χ2n) is 7.16. The number of amides is 1. The number of fused-ring (bicyclic) bond motifs is 1. The Kier molecular flexibility index (Phi) is 5.74. The monoisotopic (exact) mass is 331 g/mol. The van der Waals surface area contributed by atoms with Crippen LogP contribution in [0.25, 0.3) is 0 Å². The Morgan fingerprint density at radius 1 is 1.21 bits per heavy atom. The minimum atomic E-state index is 0.0665. The third-order valence-electron chi connectivity index (χ3n) is 4.80. The van der Waals surface area contributed by atoms with E-state index in [4.69, 9.17) is 4.74 Å². The molecule has 0 radical (unpaired) electrons. The van der Waals surface area contributed by atoms with Gasteiger partial charge in [0.25, 0.3) is 0 Å². The fourth-order valence-corrected chi connectivity index (χ4v) is 3.66. The number of nitrogens with one attached hydrogen (secondary N) is 1. The lowest BCUT2D eigenvalue weighted by Crippen LogP contribution is -2.55. The molecule has 0 bridgehead atoms. The number of hydrogen-bond acceptors (Lipinski definition) is 4. The molecular weight excluding hydrogens is 302 g/mol. The van der Waals surface area contributed by atoms with E-state index in [1.54, 1.807) is 0 Å². The molecule has 1 amide bonds. The maximum Gasteiger partial charge on any atom is 0.238 e. The van der Waals surface area contributed by atoms with E-state index < -0.39 is 0 Å². The number of ether oxygens (including phenoxy) is 1. The van der Waals surface area contributed by atoms with E-state index in [1.165, 1.54) is 25.8 Å². The molecule has 2 saturated heterocycles. The van der Waals surface area contributed by atoms with Crippen LogP contribution in [0.2, 0.25) is 0 Å². The zero-order valence-electron chi connectivity index (χ0n) is 14.8. The molecule has 2 heterocycles. The first-order valence-corrected chi connectivity index (χ1v) is 9.13. The summed E-state index contributed by atoms with van der Waals surface area (Å²) >= 11 is 0. The number of carbonyl (C=O) groups excluding carboxylic acids is 1. The lowest BCUT2D eigenvalue weighted by molar-refractivity contribution is -0.118. The number of piperazine rings is 1. The van der Waals surface area contributed by atoms with Gasteiger partial charge in [-0.05, 0) is 57.5 Å². The van der Waals surface area contributed by atoms with Gasteiger partial charge in [-0.25, -0.2) is 0 Å². The SMILES string of the molecule is CC(C)Oc1ccc(NC(=O)CN2CCN3CCCCC3C2)cc1. The van der Waals surface area contributed by atoms with E-state index in [-0.39, 0.29) is 12.0 Å². The van der Waals surface area contributed by atoms with Crippen molar-refractivity contribution in [2.75, 3.05) is 38.0 Å². The van der Waals surface area contributed by atoms with Crippen LogP contribution in [0.5, 0.6) is 5.75 Å². The molecule has 0 saturated carbocycles. The zero-order chi connectivity index (χ0) is 16.9. The topological polar surface area (TPSA) is 44.8 Å². The minimum Gasteiger partial charge on any atom is -0.491 e. The van der Waals surface area contributed by atoms with Crippen LogP contribution in [0.15, 0.2) is 24.3 Å². The Morgan fingerprint density at radius 2 is 2.00 bits per heavy atom. The predicted molar refractivity (Wildman–Crippen MR) is 96.5 cm³/mol. The van der Waals surface area contributed by atoms with Crippen LogP contribution in [0.4, 0.5) is 5.69 Å². The van der Waals surface area contributed by atoms with E-state index in [1.807, 2.05) is 38.1 Å². The van der Waals surface area contributed by atoms with Crippen LogP contribution < -0.4 is 10.1 Å². The summed E-state index contributed by atoms with van der Waals surface area (Å²) in [5.74, 6) is 0.896. The molecular formula is C19H29N3O2. The Bertz CT molecular complexity index is 544. The maximum atomic E-state index is 12.3. The highest BCUT2D eigenvalue weighted by molar-refractivity contribution is 5.92. The summed E-state index contributed by atoms with van der Waals surface area (Å²) in [6, 6.07) is 8.24. The van der Waals surface area contributed by atoms with Gasteiger partial charge < -0.3 is 10.1 Å². The summed E-state index contributed by atoms with van der Waals surface area (Å²) in [6.07, 6.45) is 4.08. The van der Waals surface area contributed by atoms with Gasteiger partial charge in [0.15, 0.2) is 0 Å². The first kappa shape index (κ1) is 17.2. The summed E-state index contributed by atoms with van der Waals surface area (Å²) in [5.41, 5.74) is 0.826. The third kappa shape index (κ3) is 4.71. The van der Waals surface area contributed by atoms with Gasteiger partial charge in [0.1, 0.15) is 5.75 Å². The predicted octanol–water partition coefficient (Wildman–Crippen LogP) is 2.58. The van der Waals surface area contributed by atoms with Crippen LogP contribution in [-0.4, -0.2) is 60.6 Å². The van der Waals surface area contributed by atoms with E-state index >= 15 is 0 Å². The van der Waals surface area contributed by atoms with Crippen molar-refractivity contribution in [3.63, 3.8) is 0 Å². The molecule has 0 aromatic heterocycles. The third-order valence-corrected chi connectivity index (χ3v) is 4.80. The highest BCUT2D eigenvalue weighted by Gasteiger charge is 2.29. The van der Waals surface area contributed by atoms with Crippen molar-refractivity contribution < 1.29 is 9.53 Å². The van der Waals surface area contributed by atoms with Crippen LogP contribution >= 0.6 is 0 Å². The number of benzene rings is 1. The Hall–Kier alpha value is -1.59. The first-order chi connectivity index (χ1) is 11.6. The first-order valence-electron chi connectivity index (χ1n) is 9.13. The fourth-order valence-electron chi connectivity index (χ4n) is 3.66. The zero-order valence-corrected chi connectivity index (χ0v) is 14.8. The lowest BCUT2D eigenvalue weighted by atomic mass is 9.99. The van der Waals surface area contributed by atoms with E-state index in [0.29, 0.717) is 12.6 Å². The van der Waals surface area contributed by atoms with Gasteiger partial charge in [-0.1, -0.05) is 6.42 Å². The number of nitrogens with zero attached hydrogens (tertiary/aromatic N) is 2. The quantitative estimate of drug-likeness (QED) is 0.901. The molecule has 0 aliphatic carbocycles. The second kappa shape index (κ2) is 7.99. The van der Waals surface area contributed by atoms with Crippen molar-refractivity contribution in [2.45, 2.75) is 45.3 Å². The molecule has 2 aliphatic rings. The van der Waals surface area contributed by atoms with E-state index in [9.17, 15) is 4.79 Å². The van der Waals surface area contributed by atoms with Crippen molar-refractivity contribution in [3.05, 3.63) is 24.3 Å². The number of anilines is 1. The van der Waals surface area contributed by atoms with Gasteiger partial charge in [0, 0.05) is 31.4 Å². The van der Waals surface area contributed by atoms with Gasteiger partial charge in [-0.3, -0.25) is 14.6 Å². The maximum absolute atomic E-state index is 12.3. The van der Waals surface area contributed by atoms with Crippen molar-refractivity contribution in [1.29, 1.82) is 0 Å². The Labute approximate surface area is 145 Å². The average Bonchev–Trinajstić information content (AvgIpc) is 2.56. The number of hydrogen-bond donors (Lipinski definition) is 1. The van der Waals surface area contributed by atoms with Crippen LogP contribution in [0.1, 0.15) is 33.1 Å². The molecule has 1 N–H and O–H groups in total. The normalized spacial score (nSPS) is 22.2. The van der Waals surface area contributed by atoms with Crippen molar-refractivity contribution in [2.24, 2.45) is 0 Å². The van der Waals surface area contributed by atoms with Crippen LogP contribution in [0, 0.1) is 0 Å². The molecule has 0 spiro atoms. The number of rotatable bonds is 5. The number of piperidine rings is 1. The smallest absolute Gasteiger partial charge is 0.238 e. The van der Waals surface area contributed by atoms with Gasteiger partial charge in [0.2, 0.25) is 5.91 Å². The summed E-state index contributed by atoms with van der Waals surface area (Å²) < 4.78 is 5.62. The van der Waals surface area contributed by atoms with E-state index in [0.717, 1.165) is 31.1 Å². The summed E-state index contributed by atoms with van der Waals surface area (Å²) in [4.78, 5) is 17.2. The molecule has 2 aliphatic heterocycles. The molecule has 3 rings (SSSR count). The molecule has 1 aromatic carbocycles. The molecule has 5 nitrogen and oxygen atoms in total. The largest absolute Gasteiger partial charge is 0.491 e. The van der Waals surface area contributed by atoms with Gasteiger partial charge in [-0.2, -0.15) is 0 Å². The van der Waals surface area contributed by atoms with Gasteiger partial charge in [-0.15, -0.1) is 0 Å². The summed E-state index contributed by atoms with van der Waals surface area (Å²) in [6.45, 7) is 8.83. The molecule has 1 atom stereocenters. The molecule has 1 aromatic rings. The van der Waals surface area contributed by atoms with Gasteiger partial charge in [0.05, 0.1) is 12.6 Å². The average molecular weight is 331 g/mol. The van der Waals surface area contributed by atoms with Gasteiger partial charge >= 0.3 is 0 Å². The molecule has 5 heteroatoms. The molecule has 2 fully saturated rings. The fraction of sp³-hybridized carbons (Fsp3) is 0.632. The molecule has 1 unspecified atom stereocenters. The Morgan fingerprint density at radius 3 is 2.75 bits per heavy atom. The van der Waals surface area contributed by atoms with Crippen molar-refractivity contribution in [1.82, 2.24) is 9.80 Å². The summed E-state index contributed by atoms with van der Waals surface area (Å²) in [7, 11) is 0. The summed E-state index contributed by atoms with van der Waals surface area (Å²) in [5, 5.41) is 2.99. The number of carbonyl (C=O) groups is 1. The molecule has 24 heavy (non-hydrogen) atoms.